The predicted octanol–water partition coefficient (Wildman–Crippen LogP) is 2.79. The monoisotopic (exact) mass is 609 g/mol. The molecular formula is C34H47N3O7. The van der Waals surface area contributed by atoms with Gasteiger partial charge in [-0.2, -0.15) is 0 Å². The lowest BCUT2D eigenvalue weighted by Gasteiger charge is -2.39. The Hall–Kier alpha value is -3.50. The van der Waals surface area contributed by atoms with Gasteiger partial charge < -0.3 is 29.7 Å². The van der Waals surface area contributed by atoms with E-state index in [-0.39, 0.29) is 30.9 Å². The number of aliphatic hydroxyl groups is 1. The van der Waals surface area contributed by atoms with Gasteiger partial charge in [-0.05, 0) is 44.6 Å². The van der Waals surface area contributed by atoms with E-state index in [1.54, 1.807) is 24.0 Å². The third-order valence-electron chi connectivity index (χ3n) is 9.08. The van der Waals surface area contributed by atoms with Crippen LogP contribution in [0.4, 0.5) is 0 Å². The van der Waals surface area contributed by atoms with Crippen LogP contribution in [0.15, 0.2) is 55.6 Å². The van der Waals surface area contributed by atoms with Crippen LogP contribution in [0.3, 0.4) is 0 Å². The molecule has 1 aromatic rings. The van der Waals surface area contributed by atoms with E-state index < -0.39 is 47.7 Å². The highest BCUT2D eigenvalue weighted by Gasteiger charge is 2.75. The van der Waals surface area contributed by atoms with Gasteiger partial charge in [0.05, 0.1) is 37.1 Å². The normalized spacial score (nSPS) is 26.5. The van der Waals surface area contributed by atoms with Gasteiger partial charge in [-0.25, -0.2) is 0 Å². The number of amides is 3. The minimum atomic E-state index is -1.21. The molecule has 1 aromatic carbocycles. The molecule has 0 aromatic heterocycles. The molecule has 10 nitrogen and oxygen atoms in total. The molecular weight excluding hydrogens is 562 g/mol. The van der Waals surface area contributed by atoms with Gasteiger partial charge in [0.25, 0.3) is 0 Å². The number of carbonyl (C=O) groups is 4. The summed E-state index contributed by atoms with van der Waals surface area (Å²) < 4.78 is 12.3. The summed E-state index contributed by atoms with van der Waals surface area (Å²) in [5.41, 5.74) is -0.292. The maximum Gasteiger partial charge on any atom is 0.312 e. The zero-order valence-corrected chi connectivity index (χ0v) is 26.0. The fourth-order valence-electron chi connectivity index (χ4n) is 7.04. The Morgan fingerprint density at radius 2 is 2.00 bits per heavy atom. The fraction of sp³-hybridized carbons (Fsp3) is 0.588. The van der Waals surface area contributed by atoms with Crippen molar-refractivity contribution < 1.29 is 33.8 Å². The number of fused-ring (bicyclic) bond motifs is 1. The van der Waals surface area contributed by atoms with Crippen LogP contribution in [0.5, 0.6) is 0 Å². The molecule has 7 atom stereocenters. The van der Waals surface area contributed by atoms with Crippen molar-refractivity contribution in [1.82, 2.24) is 15.1 Å². The van der Waals surface area contributed by atoms with Crippen molar-refractivity contribution in [3.63, 3.8) is 0 Å². The Bertz CT molecular complexity index is 1210. The Labute approximate surface area is 260 Å². The first-order valence-corrected chi connectivity index (χ1v) is 15.8. The van der Waals surface area contributed by atoms with E-state index in [0.717, 1.165) is 18.4 Å². The van der Waals surface area contributed by atoms with Crippen LogP contribution < -0.4 is 5.32 Å². The summed E-state index contributed by atoms with van der Waals surface area (Å²) >= 11 is 0. The van der Waals surface area contributed by atoms with Gasteiger partial charge >= 0.3 is 5.97 Å². The molecule has 3 amide bonds. The number of likely N-dealkylation sites (tertiary alicyclic amines) is 1. The number of aliphatic hydroxyl groups excluding tert-OH is 1. The van der Waals surface area contributed by atoms with E-state index in [0.29, 0.717) is 45.2 Å². The molecule has 0 aliphatic carbocycles. The zero-order valence-electron chi connectivity index (χ0n) is 26.0. The smallest absolute Gasteiger partial charge is 0.312 e. The molecule has 10 heteroatoms. The van der Waals surface area contributed by atoms with Crippen LogP contribution in [0.25, 0.3) is 0 Å². The molecule has 44 heavy (non-hydrogen) atoms. The third-order valence-corrected chi connectivity index (χ3v) is 9.08. The topological polar surface area (TPSA) is 125 Å². The van der Waals surface area contributed by atoms with Crippen molar-refractivity contribution in [2.75, 3.05) is 26.2 Å². The summed E-state index contributed by atoms with van der Waals surface area (Å²) in [6, 6.07) is 7.82. The molecule has 4 rings (SSSR count). The van der Waals surface area contributed by atoms with Crippen molar-refractivity contribution in [3.05, 3.63) is 61.2 Å². The number of benzene rings is 1. The second-order valence-corrected chi connectivity index (χ2v) is 12.1. The summed E-state index contributed by atoms with van der Waals surface area (Å²) in [6.45, 7) is 11.8. The van der Waals surface area contributed by atoms with Gasteiger partial charge in [0.15, 0.2) is 0 Å². The number of nitrogens with one attached hydrogen (secondary N) is 1. The minimum absolute atomic E-state index is 0.133. The summed E-state index contributed by atoms with van der Waals surface area (Å²) in [5.74, 6) is -3.19. The van der Waals surface area contributed by atoms with Crippen molar-refractivity contribution in [3.8, 4) is 0 Å². The lowest BCUT2D eigenvalue weighted by Crippen LogP contribution is -2.59. The number of nitrogens with zero attached hydrogens (tertiary/aromatic N) is 2. The molecule has 3 fully saturated rings. The summed E-state index contributed by atoms with van der Waals surface area (Å²) in [6.07, 6.45) is 5.94. The van der Waals surface area contributed by atoms with Crippen LogP contribution in [0, 0.1) is 11.8 Å². The van der Waals surface area contributed by atoms with E-state index >= 15 is 0 Å². The molecule has 2 N–H and O–H groups in total. The Balaban J connectivity index is 1.63. The molecule has 3 heterocycles. The molecule has 3 saturated heterocycles. The number of hydrogen-bond donors (Lipinski definition) is 2. The van der Waals surface area contributed by atoms with Crippen molar-refractivity contribution in [2.24, 2.45) is 11.8 Å². The summed E-state index contributed by atoms with van der Waals surface area (Å²) in [7, 11) is 0. The molecule has 240 valence electrons. The van der Waals surface area contributed by atoms with E-state index in [9.17, 15) is 24.3 Å². The van der Waals surface area contributed by atoms with Gasteiger partial charge in [0, 0.05) is 19.5 Å². The largest absolute Gasteiger partial charge is 0.460 e. The number of hydrogen-bond acceptors (Lipinski definition) is 7. The quantitative estimate of drug-likeness (QED) is 0.206. The highest BCUT2D eigenvalue weighted by Crippen LogP contribution is 2.59. The van der Waals surface area contributed by atoms with Crippen molar-refractivity contribution >= 4 is 23.7 Å². The molecule has 2 bridgehead atoms. The Morgan fingerprint density at radius 3 is 2.66 bits per heavy atom. The van der Waals surface area contributed by atoms with Crippen molar-refractivity contribution in [1.29, 1.82) is 0 Å². The molecule has 0 unspecified atom stereocenters. The second-order valence-electron chi connectivity index (χ2n) is 12.1. The first-order valence-electron chi connectivity index (χ1n) is 15.8. The average molecular weight is 610 g/mol. The molecule has 3 aliphatic rings. The summed E-state index contributed by atoms with van der Waals surface area (Å²) in [4.78, 5) is 57.8. The van der Waals surface area contributed by atoms with Crippen molar-refractivity contribution in [2.45, 2.75) is 88.7 Å². The van der Waals surface area contributed by atoms with Crippen LogP contribution in [-0.2, 0) is 35.1 Å². The molecule has 3 aliphatic heterocycles. The van der Waals surface area contributed by atoms with Gasteiger partial charge in [-0.1, -0.05) is 55.8 Å². The number of rotatable bonds is 17. The predicted molar refractivity (Wildman–Crippen MR) is 165 cm³/mol. The zero-order chi connectivity index (χ0) is 31.9. The maximum absolute atomic E-state index is 14.5. The maximum atomic E-state index is 14.5. The molecule has 1 spiro atoms. The highest BCUT2D eigenvalue weighted by atomic mass is 16.6. The van der Waals surface area contributed by atoms with E-state index in [1.165, 1.54) is 4.90 Å². The van der Waals surface area contributed by atoms with Gasteiger partial charge in [-0.3, -0.25) is 19.2 Å². The van der Waals surface area contributed by atoms with E-state index in [1.807, 2.05) is 37.3 Å². The Kier molecular flexibility index (Phi) is 11.4. The van der Waals surface area contributed by atoms with Crippen LogP contribution >= 0.6 is 0 Å². The van der Waals surface area contributed by atoms with Crippen LogP contribution in [-0.4, -0.2) is 94.7 Å². The lowest BCUT2D eigenvalue weighted by atomic mass is 9.70. The number of unbranched alkanes of at least 4 members (excludes halogenated alkanes) is 1. The summed E-state index contributed by atoms with van der Waals surface area (Å²) in [5, 5.41) is 13.4. The Morgan fingerprint density at radius 1 is 1.25 bits per heavy atom. The average Bonchev–Trinajstić information content (AvgIpc) is 3.67. The molecule has 0 saturated carbocycles. The second kappa shape index (κ2) is 15.0. The van der Waals surface area contributed by atoms with Gasteiger partial charge in [0.1, 0.15) is 17.7 Å². The third kappa shape index (κ3) is 6.76. The number of allylic oxidation sites excluding steroid dienone is 1. The highest BCUT2D eigenvalue weighted by molar-refractivity contribution is 5.98. The van der Waals surface area contributed by atoms with Crippen LogP contribution in [0.2, 0.25) is 0 Å². The van der Waals surface area contributed by atoms with E-state index in [2.05, 4.69) is 18.5 Å². The SMILES string of the molecule is C=CCCC(=O)NC[C@@H](C)OC(=O)[C@@H]1[C@@H]2CC[C@]3(O2)[C@H](C(=O)N(CC=C)CCCC)N([C@@H](CO)Cc2ccccc2)C(=O)[C@@H]13. The van der Waals surface area contributed by atoms with Gasteiger partial charge in [-0.15, -0.1) is 13.2 Å². The van der Waals surface area contributed by atoms with Crippen LogP contribution in [0.1, 0.15) is 57.9 Å². The first-order chi connectivity index (χ1) is 21.2. The minimum Gasteiger partial charge on any atom is -0.460 e. The first kappa shape index (κ1) is 33.4. The van der Waals surface area contributed by atoms with Gasteiger partial charge in [0.2, 0.25) is 17.7 Å². The number of esters is 1. The number of ether oxygens (including phenoxy) is 2. The lowest BCUT2D eigenvalue weighted by molar-refractivity contribution is -0.160. The molecule has 0 radical (unpaired) electrons. The standard InChI is InChI=1S/C34H47N3O7/c1-5-8-15-27(39)35-21-23(4)43-33(42)28-26-16-17-34(44-26)29(28)31(40)37(25(22-38)20-24-13-11-10-12-14-24)30(34)32(41)36(18-7-3)19-9-6-2/h5,7,10-14,23,25-26,28-30,38H,1,3,6,8-9,15-22H2,2,4H3,(H,35,39)/t23-,25-,26+,28-,29-,30+,34-/m1/s1. The number of carbonyl (C=O) groups excluding carboxylic acids is 4. The fourth-order valence-corrected chi connectivity index (χ4v) is 7.04. The van der Waals surface area contributed by atoms with E-state index in [4.69, 9.17) is 9.47 Å².